The minimum atomic E-state index is 0.275. The van der Waals surface area contributed by atoms with Crippen LogP contribution in [0.25, 0.3) is 0 Å². The number of carbonyl (C=O) groups is 1. The summed E-state index contributed by atoms with van der Waals surface area (Å²) in [5.74, 6) is 1.11. The number of nitrogens with zero attached hydrogens (tertiary/aromatic N) is 2. The molecule has 1 heterocycles. The zero-order chi connectivity index (χ0) is 8.81. The maximum atomic E-state index is 11.1. The highest BCUT2D eigenvalue weighted by Crippen LogP contribution is 2.10. The van der Waals surface area contributed by atoms with Crippen LogP contribution in [0.2, 0.25) is 0 Å². The summed E-state index contributed by atoms with van der Waals surface area (Å²) in [6.07, 6.45) is 2.65. The molecule has 0 unspecified atom stereocenters. The molecule has 0 aromatic rings. The van der Waals surface area contributed by atoms with E-state index in [4.69, 9.17) is 5.26 Å². The molecule has 0 spiro atoms. The van der Waals surface area contributed by atoms with Gasteiger partial charge in [-0.3, -0.25) is 4.79 Å². The summed E-state index contributed by atoms with van der Waals surface area (Å²) in [6.45, 7) is 1.74. The molecular formula is C8H12N2OS. The highest BCUT2D eigenvalue weighted by Gasteiger charge is 2.18. The van der Waals surface area contributed by atoms with Crippen molar-refractivity contribution in [1.82, 2.24) is 4.90 Å². The molecule has 0 bridgehead atoms. The first-order chi connectivity index (χ1) is 5.84. The van der Waals surface area contributed by atoms with E-state index in [9.17, 15) is 4.79 Å². The average Bonchev–Trinajstić information content (AvgIpc) is 2.46. The predicted molar refractivity (Wildman–Crippen MR) is 48.5 cm³/mol. The summed E-state index contributed by atoms with van der Waals surface area (Å²) < 4.78 is 0. The Morgan fingerprint density at radius 1 is 1.67 bits per heavy atom. The third-order valence-corrected chi connectivity index (χ3v) is 2.53. The third kappa shape index (κ3) is 2.74. The molecule has 0 N–H and O–H groups in total. The van der Waals surface area contributed by atoms with Gasteiger partial charge >= 0.3 is 0 Å². The summed E-state index contributed by atoms with van der Waals surface area (Å²) in [4.78, 5) is 13.0. The topological polar surface area (TPSA) is 44.1 Å². The highest BCUT2D eigenvalue weighted by molar-refractivity contribution is 8.03. The first kappa shape index (κ1) is 9.40. The number of carbonyl (C=O) groups excluding carboxylic acids is 1. The molecule has 3 nitrogen and oxygen atoms in total. The number of thioether (sulfide) groups is 1. The van der Waals surface area contributed by atoms with Gasteiger partial charge in [-0.15, -0.1) is 0 Å². The van der Waals surface area contributed by atoms with Crippen molar-refractivity contribution in [2.45, 2.75) is 19.3 Å². The lowest BCUT2D eigenvalue weighted by molar-refractivity contribution is -0.127. The van der Waals surface area contributed by atoms with E-state index in [1.165, 1.54) is 11.8 Å². The van der Waals surface area contributed by atoms with Crippen LogP contribution in [0.1, 0.15) is 19.3 Å². The van der Waals surface area contributed by atoms with Crippen LogP contribution in [-0.2, 0) is 4.79 Å². The van der Waals surface area contributed by atoms with Crippen LogP contribution in [0.3, 0.4) is 0 Å². The Bertz CT molecular complexity index is 200. The number of hydrogen-bond acceptors (Lipinski definition) is 3. The van der Waals surface area contributed by atoms with Crippen LogP contribution in [0.5, 0.6) is 0 Å². The van der Waals surface area contributed by atoms with Crippen molar-refractivity contribution in [3.8, 4) is 5.40 Å². The van der Waals surface area contributed by atoms with E-state index in [0.717, 1.165) is 31.7 Å². The normalized spacial score (nSPS) is 16.6. The molecule has 0 aromatic heterocycles. The molecule has 4 heteroatoms. The number of nitriles is 1. The summed E-state index contributed by atoms with van der Waals surface area (Å²) in [7, 11) is 0. The van der Waals surface area contributed by atoms with Gasteiger partial charge < -0.3 is 4.90 Å². The third-order valence-electron chi connectivity index (χ3n) is 1.91. The smallest absolute Gasteiger partial charge is 0.222 e. The average molecular weight is 184 g/mol. The van der Waals surface area contributed by atoms with E-state index in [0.29, 0.717) is 6.42 Å². The van der Waals surface area contributed by atoms with Gasteiger partial charge in [-0.05, 0) is 24.6 Å². The van der Waals surface area contributed by atoms with Crippen LogP contribution in [0.15, 0.2) is 0 Å². The fourth-order valence-electron chi connectivity index (χ4n) is 1.31. The Morgan fingerprint density at radius 3 is 3.08 bits per heavy atom. The molecule has 0 atom stereocenters. The molecule has 1 fully saturated rings. The molecule has 12 heavy (non-hydrogen) atoms. The predicted octanol–water partition coefficient (Wildman–Crippen LogP) is 1.21. The minimum Gasteiger partial charge on any atom is -0.343 e. The van der Waals surface area contributed by atoms with Gasteiger partial charge in [0.05, 0.1) is 0 Å². The van der Waals surface area contributed by atoms with Crippen molar-refractivity contribution < 1.29 is 4.79 Å². The number of rotatable bonds is 4. The van der Waals surface area contributed by atoms with Gasteiger partial charge in [0.15, 0.2) is 0 Å². The maximum absolute atomic E-state index is 11.1. The van der Waals surface area contributed by atoms with E-state index >= 15 is 0 Å². The molecule has 1 amide bonds. The maximum Gasteiger partial charge on any atom is 0.222 e. The van der Waals surface area contributed by atoms with Crippen molar-refractivity contribution in [3.05, 3.63) is 0 Å². The summed E-state index contributed by atoms with van der Waals surface area (Å²) in [6, 6.07) is 0. The van der Waals surface area contributed by atoms with E-state index in [2.05, 4.69) is 0 Å². The molecule has 1 saturated heterocycles. The molecule has 1 aliphatic rings. The number of amides is 1. The molecule has 1 aliphatic heterocycles. The van der Waals surface area contributed by atoms with Gasteiger partial charge in [-0.2, -0.15) is 5.26 Å². The van der Waals surface area contributed by atoms with Crippen molar-refractivity contribution in [2.75, 3.05) is 18.8 Å². The lowest BCUT2D eigenvalue weighted by Crippen LogP contribution is -2.25. The second-order valence-corrected chi connectivity index (χ2v) is 3.66. The molecule has 0 saturated carbocycles. The lowest BCUT2D eigenvalue weighted by Gasteiger charge is -2.13. The van der Waals surface area contributed by atoms with Gasteiger partial charge in [-0.1, -0.05) is 0 Å². The van der Waals surface area contributed by atoms with Gasteiger partial charge in [0.2, 0.25) is 5.91 Å². The fraction of sp³-hybridized carbons (Fsp3) is 0.750. The van der Waals surface area contributed by atoms with Crippen LogP contribution < -0.4 is 0 Å². The Kier molecular flexibility index (Phi) is 3.95. The Balaban J connectivity index is 2.07. The van der Waals surface area contributed by atoms with Crippen LogP contribution in [-0.4, -0.2) is 29.6 Å². The fourth-order valence-corrected chi connectivity index (χ4v) is 1.68. The number of hydrogen-bond donors (Lipinski definition) is 0. The SMILES string of the molecule is N#CSCCCN1CCCC1=O. The minimum absolute atomic E-state index is 0.275. The molecular weight excluding hydrogens is 172 g/mol. The molecule has 0 aromatic carbocycles. The zero-order valence-electron chi connectivity index (χ0n) is 6.95. The number of thiocyanates is 1. The monoisotopic (exact) mass is 184 g/mol. The van der Waals surface area contributed by atoms with Crippen molar-refractivity contribution in [3.63, 3.8) is 0 Å². The van der Waals surface area contributed by atoms with Gasteiger partial charge in [-0.25, -0.2) is 0 Å². The number of likely N-dealkylation sites (tertiary alicyclic amines) is 1. The standard InChI is InChI=1S/C8H12N2OS/c9-7-12-6-2-5-10-4-1-3-8(10)11/h1-6H2. The molecule has 0 radical (unpaired) electrons. The van der Waals surface area contributed by atoms with Gasteiger partial charge in [0, 0.05) is 25.3 Å². The van der Waals surface area contributed by atoms with Gasteiger partial charge in [0.25, 0.3) is 0 Å². The Hall–Kier alpha value is -0.690. The Labute approximate surface area is 76.7 Å². The summed E-state index contributed by atoms with van der Waals surface area (Å²) in [5, 5.41) is 10.3. The van der Waals surface area contributed by atoms with E-state index in [1.54, 1.807) is 0 Å². The first-order valence-corrected chi connectivity index (χ1v) is 5.12. The summed E-state index contributed by atoms with van der Waals surface area (Å²) >= 11 is 1.26. The van der Waals surface area contributed by atoms with Crippen molar-refractivity contribution in [1.29, 1.82) is 5.26 Å². The molecule has 0 aliphatic carbocycles. The molecule has 1 rings (SSSR count). The quantitative estimate of drug-likeness (QED) is 0.487. The first-order valence-electron chi connectivity index (χ1n) is 4.13. The van der Waals surface area contributed by atoms with Crippen molar-refractivity contribution in [2.24, 2.45) is 0 Å². The van der Waals surface area contributed by atoms with Crippen LogP contribution in [0, 0.1) is 10.7 Å². The zero-order valence-corrected chi connectivity index (χ0v) is 7.77. The van der Waals surface area contributed by atoms with E-state index < -0.39 is 0 Å². The second kappa shape index (κ2) is 5.04. The van der Waals surface area contributed by atoms with E-state index in [-0.39, 0.29) is 5.91 Å². The largest absolute Gasteiger partial charge is 0.343 e. The Morgan fingerprint density at radius 2 is 2.50 bits per heavy atom. The van der Waals surface area contributed by atoms with E-state index in [1.807, 2.05) is 10.3 Å². The van der Waals surface area contributed by atoms with Gasteiger partial charge in [0.1, 0.15) is 5.40 Å². The second-order valence-electron chi connectivity index (χ2n) is 2.78. The molecule has 66 valence electrons. The van der Waals surface area contributed by atoms with Crippen molar-refractivity contribution >= 4 is 17.7 Å². The summed E-state index contributed by atoms with van der Waals surface area (Å²) in [5.41, 5.74) is 0. The lowest BCUT2D eigenvalue weighted by atomic mass is 10.4. The highest BCUT2D eigenvalue weighted by atomic mass is 32.2. The van der Waals surface area contributed by atoms with Crippen LogP contribution >= 0.6 is 11.8 Å². The van der Waals surface area contributed by atoms with Crippen LogP contribution in [0.4, 0.5) is 0 Å².